The van der Waals surface area contributed by atoms with E-state index < -0.39 is 0 Å². The molecule has 0 spiro atoms. The number of fused-ring (bicyclic) bond motifs is 1. The number of rotatable bonds is 7. The predicted octanol–water partition coefficient (Wildman–Crippen LogP) is 7.61. The van der Waals surface area contributed by atoms with Crippen molar-refractivity contribution in [2.75, 3.05) is 4.90 Å². The van der Waals surface area contributed by atoms with Gasteiger partial charge in [-0.2, -0.15) is 0 Å². The molecule has 0 saturated carbocycles. The third kappa shape index (κ3) is 5.19. The molecule has 2 heteroatoms. The lowest BCUT2D eigenvalue weighted by Gasteiger charge is -2.25. The molecule has 0 aliphatic rings. The Kier molecular flexibility index (Phi) is 6.26. The topological polar surface area (TPSA) is 16.1 Å². The van der Waals surface area contributed by atoms with Crippen molar-refractivity contribution in [3.63, 3.8) is 0 Å². The van der Waals surface area contributed by atoms with Gasteiger partial charge in [-0.3, -0.25) is 4.98 Å². The van der Waals surface area contributed by atoms with E-state index in [4.69, 9.17) is 0 Å². The van der Waals surface area contributed by atoms with Gasteiger partial charge in [0.25, 0.3) is 0 Å². The number of aromatic nitrogens is 1. The molecule has 0 bridgehead atoms. The molecule has 0 fully saturated rings. The molecule has 5 rings (SSSR count). The minimum Gasteiger partial charge on any atom is -0.363 e. The maximum absolute atomic E-state index is 4.46. The molecule has 0 unspecified atom stereocenters. The van der Waals surface area contributed by atoms with E-state index in [9.17, 15) is 0 Å². The van der Waals surface area contributed by atoms with Crippen LogP contribution in [0.5, 0.6) is 0 Å². The lowest BCUT2D eigenvalue weighted by atomic mass is 10.1. The van der Waals surface area contributed by atoms with Crippen LogP contribution in [0.15, 0.2) is 121 Å². The lowest BCUT2D eigenvalue weighted by Crippen LogP contribution is -2.22. The second kappa shape index (κ2) is 9.97. The zero-order valence-electron chi connectivity index (χ0n) is 18.5. The van der Waals surface area contributed by atoms with Crippen LogP contribution in [0.4, 0.5) is 5.69 Å². The van der Waals surface area contributed by atoms with E-state index in [-0.39, 0.29) is 0 Å². The molecule has 1 heterocycles. The van der Waals surface area contributed by atoms with Gasteiger partial charge in [-0.25, -0.2) is 0 Å². The highest BCUT2D eigenvalue weighted by molar-refractivity contribution is 5.90. The molecular weight excluding hydrogens is 400 g/mol. The smallest absolute Gasteiger partial charge is 0.0707 e. The molecule has 160 valence electrons. The molecule has 2 nitrogen and oxygen atoms in total. The Morgan fingerprint density at radius 3 is 1.85 bits per heavy atom. The molecule has 0 aliphatic heterocycles. The molecule has 0 atom stereocenters. The van der Waals surface area contributed by atoms with E-state index in [0.717, 1.165) is 18.6 Å². The summed E-state index contributed by atoms with van der Waals surface area (Å²) in [5, 5.41) is 1.17. The Bertz CT molecular complexity index is 1290. The average molecular weight is 427 g/mol. The molecule has 0 aliphatic carbocycles. The normalized spacial score (nSPS) is 11.2. The molecule has 33 heavy (non-hydrogen) atoms. The Balaban J connectivity index is 1.38. The Morgan fingerprint density at radius 1 is 0.576 bits per heavy atom. The Hall–Kier alpha value is -4.17. The molecule has 0 N–H and O–H groups in total. The van der Waals surface area contributed by atoms with Crippen molar-refractivity contribution in [1.29, 1.82) is 0 Å². The summed E-state index contributed by atoms with van der Waals surface area (Å²) in [7, 11) is 0. The Morgan fingerprint density at radius 2 is 1.18 bits per heavy atom. The molecule has 5 aromatic rings. The lowest BCUT2D eigenvalue weighted by molar-refractivity contribution is 0.800. The van der Waals surface area contributed by atoms with Gasteiger partial charge in [-0.05, 0) is 46.5 Å². The van der Waals surface area contributed by atoms with Crippen LogP contribution in [0, 0.1) is 0 Å². The molecule has 4 aromatic carbocycles. The van der Waals surface area contributed by atoms with Crippen LogP contribution in [-0.2, 0) is 13.1 Å². The number of nitrogens with zero attached hydrogens (tertiary/aromatic N) is 2. The van der Waals surface area contributed by atoms with Gasteiger partial charge >= 0.3 is 0 Å². The number of para-hydroxylation sites is 1. The fourth-order valence-electron chi connectivity index (χ4n) is 4.09. The summed E-state index contributed by atoms with van der Waals surface area (Å²) in [4.78, 5) is 6.88. The highest BCUT2D eigenvalue weighted by atomic mass is 15.1. The van der Waals surface area contributed by atoms with Gasteiger partial charge in [-0.15, -0.1) is 0 Å². The average Bonchev–Trinajstić information content (AvgIpc) is 2.89. The van der Waals surface area contributed by atoms with Gasteiger partial charge in [-0.1, -0.05) is 103 Å². The van der Waals surface area contributed by atoms with Crippen molar-refractivity contribution in [2.24, 2.45) is 0 Å². The highest BCUT2D eigenvalue weighted by Gasteiger charge is 2.09. The van der Waals surface area contributed by atoms with Crippen molar-refractivity contribution < 1.29 is 0 Å². The number of pyridine rings is 1. The van der Waals surface area contributed by atoms with Gasteiger partial charge in [0.2, 0.25) is 0 Å². The minimum absolute atomic E-state index is 0.869. The summed E-state index contributed by atoms with van der Waals surface area (Å²) < 4.78 is 0. The van der Waals surface area contributed by atoms with Crippen LogP contribution in [0.2, 0.25) is 0 Å². The van der Waals surface area contributed by atoms with Crippen molar-refractivity contribution in [3.8, 4) is 0 Å². The van der Waals surface area contributed by atoms with Gasteiger partial charge in [0, 0.05) is 30.4 Å². The van der Waals surface area contributed by atoms with E-state index >= 15 is 0 Å². The number of anilines is 1. The van der Waals surface area contributed by atoms with E-state index in [2.05, 4.69) is 131 Å². The first-order chi connectivity index (χ1) is 16.3. The van der Waals surface area contributed by atoms with E-state index in [1.807, 2.05) is 12.3 Å². The number of hydrogen-bond acceptors (Lipinski definition) is 2. The zero-order valence-corrected chi connectivity index (χ0v) is 18.5. The molecule has 0 radical (unpaired) electrons. The highest BCUT2D eigenvalue weighted by Crippen LogP contribution is 2.23. The van der Waals surface area contributed by atoms with Crippen LogP contribution in [0.25, 0.3) is 23.1 Å². The maximum atomic E-state index is 4.46. The van der Waals surface area contributed by atoms with Crippen molar-refractivity contribution in [1.82, 2.24) is 4.98 Å². The summed E-state index contributed by atoms with van der Waals surface area (Å²) in [6.45, 7) is 1.74. The largest absolute Gasteiger partial charge is 0.363 e. The third-order valence-corrected chi connectivity index (χ3v) is 5.83. The van der Waals surface area contributed by atoms with E-state index in [1.54, 1.807) is 0 Å². The summed E-state index contributed by atoms with van der Waals surface area (Å²) in [5.41, 5.74) is 7.21. The summed E-state index contributed by atoms with van der Waals surface area (Å²) in [6, 6.07) is 40.4. The molecule has 0 amide bonds. The fraction of sp³-hybridized carbons (Fsp3) is 0.0645. The monoisotopic (exact) mass is 426 g/mol. The minimum atomic E-state index is 0.869. The van der Waals surface area contributed by atoms with Gasteiger partial charge in [0.1, 0.15) is 0 Å². The van der Waals surface area contributed by atoms with E-state index in [0.29, 0.717) is 0 Å². The second-order valence-corrected chi connectivity index (χ2v) is 8.17. The quantitative estimate of drug-likeness (QED) is 0.266. The SMILES string of the molecule is C(=C\c1ccnc2ccccc12)/c1ccc(N(Cc2ccccc2)Cc2ccccc2)cc1. The van der Waals surface area contributed by atoms with Gasteiger partial charge in [0.05, 0.1) is 5.52 Å². The molecule has 0 saturated heterocycles. The van der Waals surface area contributed by atoms with Crippen molar-refractivity contribution in [3.05, 3.63) is 144 Å². The van der Waals surface area contributed by atoms with Crippen LogP contribution in [0.3, 0.4) is 0 Å². The van der Waals surface area contributed by atoms with E-state index in [1.165, 1.54) is 33.3 Å². The summed E-state index contributed by atoms with van der Waals surface area (Å²) in [6.07, 6.45) is 6.21. The Labute approximate surface area is 195 Å². The number of hydrogen-bond donors (Lipinski definition) is 0. The standard InChI is InChI=1S/C31H26N2/c1-3-9-26(10-4-1)23-33(24-27-11-5-2-6-12-27)29-19-16-25(17-20-29)15-18-28-21-22-32-31-14-8-7-13-30(28)31/h1-22H,23-24H2/b18-15+. The summed E-state index contributed by atoms with van der Waals surface area (Å²) in [5.74, 6) is 0. The molecule has 1 aromatic heterocycles. The van der Waals surface area contributed by atoms with Crippen LogP contribution in [0.1, 0.15) is 22.3 Å². The van der Waals surface area contributed by atoms with Crippen LogP contribution in [-0.4, -0.2) is 4.98 Å². The second-order valence-electron chi connectivity index (χ2n) is 8.17. The predicted molar refractivity (Wildman–Crippen MR) is 140 cm³/mol. The molecular formula is C31H26N2. The summed E-state index contributed by atoms with van der Waals surface area (Å²) >= 11 is 0. The number of benzene rings is 4. The van der Waals surface area contributed by atoms with Crippen LogP contribution < -0.4 is 4.90 Å². The zero-order chi connectivity index (χ0) is 22.3. The van der Waals surface area contributed by atoms with Gasteiger partial charge < -0.3 is 4.90 Å². The third-order valence-electron chi connectivity index (χ3n) is 5.83. The van der Waals surface area contributed by atoms with Crippen LogP contribution >= 0.6 is 0 Å². The first-order valence-corrected chi connectivity index (χ1v) is 11.3. The fourth-order valence-corrected chi connectivity index (χ4v) is 4.09. The van der Waals surface area contributed by atoms with Crippen molar-refractivity contribution >= 4 is 28.7 Å². The first kappa shape index (κ1) is 20.7. The maximum Gasteiger partial charge on any atom is 0.0707 e. The van der Waals surface area contributed by atoms with Crippen molar-refractivity contribution in [2.45, 2.75) is 13.1 Å². The first-order valence-electron chi connectivity index (χ1n) is 11.3. The van der Waals surface area contributed by atoms with Gasteiger partial charge in [0.15, 0.2) is 0 Å².